The van der Waals surface area contributed by atoms with Crippen LogP contribution in [0.3, 0.4) is 0 Å². The van der Waals surface area contributed by atoms with Gasteiger partial charge in [0.25, 0.3) is 0 Å². The summed E-state index contributed by atoms with van der Waals surface area (Å²) in [5.41, 5.74) is 1.24. The fraction of sp³-hybridized carbons (Fsp3) is 0.192. The Labute approximate surface area is 298 Å². The van der Waals surface area contributed by atoms with Crippen LogP contribution in [0.4, 0.5) is 8.78 Å². The Morgan fingerprint density at radius 3 is 1.81 bits per heavy atom. The van der Waals surface area contributed by atoms with Gasteiger partial charge in [-0.25, -0.2) is 22.9 Å². The van der Waals surface area contributed by atoms with Gasteiger partial charge in [0.05, 0.1) is 55.0 Å². The fourth-order valence-corrected chi connectivity index (χ4v) is 4.20. The van der Waals surface area contributed by atoms with Crippen LogP contribution in [0.15, 0.2) is 48.8 Å². The molecule has 17 heteroatoms. The molecule has 0 aliphatic heterocycles. The second kappa shape index (κ2) is 18.8. The molecule has 0 fully saturated rings. The van der Waals surface area contributed by atoms with Crippen LogP contribution in [0.5, 0.6) is 11.8 Å². The van der Waals surface area contributed by atoms with Crippen molar-refractivity contribution in [2.75, 3.05) is 26.4 Å². The minimum Gasteiger partial charge on any atom is -1.00 e. The summed E-state index contributed by atoms with van der Waals surface area (Å²) in [6.45, 7) is 1.75. The van der Waals surface area contributed by atoms with Crippen LogP contribution in [0.2, 0.25) is 0 Å². The molecule has 217 valence electrons. The third kappa shape index (κ3) is 11.4. The molecule has 2 heterocycles. The van der Waals surface area contributed by atoms with E-state index in [9.17, 15) is 13.6 Å². The van der Waals surface area contributed by atoms with Crippen LogP contribution in [0, 0.1) is 41.4 Å². The zero-order chi connectivity index (χ0) is 29.9. The number of rotatable bonds is 9. The maximum atomic E-state index is 13.5. The summed E-state index contributed by atoms with van der Waals surface area (Å²) < 4.78 is 46.2. The number of nitriles is 2. The third-order valence-electron chi connectivity index (χ3n) is 4.79. The van der Waals surface area contributed by atoms with Gasteiger partial charge in [-0.1, -0.05) is 0 Å². The van der Waals surface area contributed by atoms with Crippen molar-refractivity contribution >= 4 is 59.6 Å². The average molecular weight is 823 g/mol. The van der Waals surface area contributed by atoms with Crippen molar-refractivity contribution in [2.45, 2.75) is 6.92 Å². The first-order valence-electron chi connectivity index (χ1n) is 11.6. The molecule has 0 bridgehead atoms. The van der Waals surface area contributed by atoms with Crippen LogP contribution >= 0.6 is 45.2 Å². The number of hydrogen-bond donors (Lipinski definition) is 1. The number of nitrogens with zero attached hydrogens (tertiary/aromatic N) is 6. The molecular formula is C26H21BF2I2N6NaO5. The van der Waals surface area contributed by atoms with E-state index in [1.165, 1.54) is 33.6 Å². The number of esters is 1. The first kappa shape index (κ1) is 38.3. The Kier molecular flexibility index (Phi) is 16.8. The molecule has 4 aromatic rings. The Morgan fingerprint density at radius 2 is 1.40 bits per heavy atom. The molecule has 0 saturated carbocycles. The van der Waals surface area contributed by atoms with Crippen LogP contribution in [-0.2, 0) is 9.53 Å². The van der Waals surface area contributed by atoms with Crippen molar-refractivity contribution in [1.82, 2.24) is 19.6 Å². The van der Waals surface area contributed by atoms with Gasteiger partial charge in [-0.05, 0) is 88.5 Å². The number of hydrogen-bond acceptors (Lipinski definition) is 9. The van der Waals surface area contributed by atoms with E-state index in [4.69, 9.17) is 29.8 Å². The minimum absolute atomic E-state index is 0. The molecule has 2 aromatic heterocycles. The van der Waals surface area contributed by atoms with Gasteiger partial charge >= 0.3 is 35.5 Å². The molecular weight excluding hydrogens is 802 g/mol. The molecule has 1 N–H and O–H groups in total. The van der Waals surface area contributed by atoms with Crippen molar-refractivity contribution in [1.29, 1.82) is 10.5 Å². The van der Waals surface area contributed by atoms with E-state index in [2.05, 4.69) is 10.2 Å². The molecule has 11 nitrogen and oxygen atoms in total. The second-order valence-electron chi connectivity index (χ2n) is 7.74. The predicted octanol–water partition coefficient (Wildman–Crippen LogP) is 1.02. The first-order chi connectivity index (χ1) is 19.7. The molecule has 0 saturated heterocycles. The number of benzene rings is 2. The number of aromatic nitrogens is 4. The summed E-state index contributed by atoms with van der Waals surface area (Å²) in [5.74, 6) is -0.940. The summed E-state index contributed by atoms with van der Waals surface area (Å²) in [6.07, 6.45) is 3.26. The molecule has 0 spiro atoms. The molecule has 0 aliphatic carbocycles. The molecule has 43 heavy (non-hydrogen) atoms. The Bertz CT molecular complexity index is 1630. The summed E-state index contributed by atoms with van der Waals surface area (Å²) in [4.78, 5) is 11.3. The monoisotopic (exact) mass is 823 g/mol. The number of carbonyl (C=O) groups is 1. The van der Waals surface area contributed by atoms with Crippen molar-refractivity contribution in [2.24, 2.45) is 0 Å². The molecule has 3 radical (unpaired) electrons. The van der Waals surface area contributed by atoms with E-state index in [1.807, 2.05) is 57.3 Å². The van der Waals surface area contributed by atoms with E-state index >= 15 is 0 Å². The standard InChI is InChI=1S/C14H11FIN3O3.C12H9FIN3O2.B.Na.H/c1-2-21-13(20)8-22-14-12(16)7-19(18-14)11-4-9(6-17)3-10(15)5-11;13-9-3-8(6-15)4-10(5-9)17-7-11(14)12(16-17)19-2-1-18;;;/h3-5,7H,2,8H2,1H3;3-5,7,18H,1-2H2;;;/q;;;+1;-1. The Hall–Kier alpha value is -2.75. The largest absolute Gasteiger partial charge is 1.00 e. The van der Waals surface area contributed by atoms with Crippen molar-refractivity contribution < 1.29 is 63.9 Å². The normalized spacial score (nSPS) is 9.67. The SMILES string of the molecule is CCOC(=O)COc1nn(-c2cc(F)cc(C#N)c2)cc1I.N#Cc1cc(F)cc(-n2cc(I)c(OCCO)n2)c1.[B].[H-].[Na+]. The molecule has 0 atom stereocenters. The van der Waals surface area contributed by atoms with Gasteiger partial charge in [0, 0.05) is 20.8 Å². The van der Waals surface area contributed by atoms with Crippen LogP contribution in [0.1, 0.15) is 19.5 Å². The third-order valence-corrected chi connectivity index (χ3v) is 6.27. The van der Waals surface area contributed by atoms with Gasteiger partial charge in [-0.2, -0.15) is 10.5 Å². The molecule has 0 aliphatic rings. The number of ether oxygens (including phenoxy) is 3. The van der Waals surface area contributed by atoms with E-state index in [0.29, 0.717) is 20.8 Å². The van der Waals surface area contributed by atoms with Gasteiger partial charge in [0.15, 0.2) is 6.61 Å². The minimum atomic E-state index is -0.534. The average Bonchev–Trinajstić information content (AvgIpc) is 3.52. The van der Waals surface area contributed by atoms with Crippen LogP contribution < -0.4 is 39.0 Å². The molecule has 4 rings (SSSR count). The Morgan fingerprint density at radius 1 is 0.930 bits per heavy atom. The zero-order valence-electron chi connectivity index (χ0n) is 23.8. The van der Waals surface area contributed by atoms with E-state index in [1.54, 1.807) is 19.3 Å². The van der Waals surface area contributed by atoms with Gasteiger partial charge in [0.2, 0.25) is 11.8 Å². The number of aliphatic hydroxyl groups excluding tert-OH is 1. The Balaban J connectivity index is 0.000000794. The smallest absolute Gasteiger partial charge is 1.00 e. The van der Waals surface area contributed by atoms with E-state index in [-0.39, 0.29) is 82.8 Å². The topological polar surface area (TPSA) is 148 Å². The van der Waals surface area contributed by atoms with Crippen LogP contribution in [0.25, 0.3) is 11.4 Å². The van der Waals surface area contributed by atoms with Gasteiger partial charge in [0.1, 0.15) is 18.2 Å². The molecule has 0 amide bonds. The number of carbonyl (C=O) groups excluding carboxylic acids is 1. The van der Waals surface area contributed by atoms with Gasteiger partial charge in [-0.15, -0.1) is 10.2 Å². The maximum Gasteiger partial charge on any atom is 1.00 e. The van der Waals surface area contributed by atoms with Gasteiger partial charge < -0.3 is 20.7 Å². The maximum absolute atomic E-state index is 13.5. The summed E-state index contributed by atoms with van der Waals surface area (Å²) in [6, 6.07) is 11.6. The quantitative estimate of drug-likeness (QED) is 0.149. The van der Waals surface area contributed by atoms with Crippen molar-refractivity contribution in [3.63, 3.8) is 0 Å². The predicted molar refractivity (Wildman–Crippen MR) is 163 cm³/mol. The number of aliphatic hydroxyl groups is 1. The number of halogens is 4. The van der Waals surface area contributed by atoms with Gasteiger partial charge in [-0.3, -0.25) is 0 Å². The van der Waals surface area contributed by atoms with E-state index in [0.717, 1.165) is 15.7 Å². The second-order valence-corrected chi connectivity index (χ2v) is 10.1. The summed E-state index contributed by atoms with van der Waals surface area (Å²) in [5, 5.41) is 34.6. The van der Waals surface area contributed by atoms with E-state index < -0.39 is 17.6 Å². The molecule has 2 aromatic carbocycles. The zero-order valence-corrected chi connectivity index (χ0v) is 29.1. The van der Waals surface area contributed by atoms with Crippen molar-refractivity contribution in [3.05, 3.63) is 78.7 Å². The van der Waals surface area contributed by atoms with Crippen molar-refractivity contribution in [3.8, 4) is 35.3 Å². The molecule has 0 unspecified atom stereocenters. The first-order valence-corrected chi connectivity index (χ1v) is 13.8. The summed E-state index contributed by atoms with van der Waals surface area (Å²) >= 11 is 4.01. The van der Waals surface area contributed by atoms with Crippen LogP contribution in [-0.4, -0.2) is 65.5 Å². The fourth-order valence-electron chi connectivity index (χ4n) is 3.15. The summed E-state index contributed by atoms with van der Waals surface area (Å²) in [7, 11) is 0.